The van der Waals surface area contributed by atoms with Gasteiger partial charge in [-0.25, -0.2) is 0 Å². The van der Waals surface area contributed by atoms with Gasteiger partial charge in [0, 0.05) is 18.9 Å². The quantitative estimate of drug-likeness (QED) is 0.931. The second kappa shape index (κ2) is 5.52. The normalized spacial score (nSPS) is 23.4. The number of hydrogen-bond donors (Lipinski definition) is 1. The van der Waals surface area contributed by atoms with Crippen LogP contribution in [-0.4, -0.2) is 15.7 Å². The van der Waals surface area contributed by atoms with Crippen LogP contribution in [0.4, 0.5) is 5.69 Å². The smallest absolute Gasteiger partial charge is 0.259 e. The minimum atomic E-state index is -0.0684. The second-order valence-electron chi connectivity index (χ2n) is 7.11. The van der Waals surface area contributed by atoms with Crippen molar-refractivity contribution >= 4 is 11.6 Å². The Balaban J connectivity index is 1.50. The number of anilines is 1. The maximum atomic E-state index is 12.5. The number of nitrogens with one attached hydrogen (secondary N) is 1. The van der Waals surface area contributed by atoms with Gasteiger partial charge < -0.3 is 5.32 Å². The van der Waals surface area contributed by atoms with Crippen LogP contribution in [0.25, 0.3) is 0 Å². The van der Waals surface area contributed by atoms with E-state index in [0.29, 0.717) is 11.5 Å². The van der Waals surface area contributed by atoms with Gasteiger partial charge in [-0.3, -0.25) is 9.48 Å². The third-order valence-corrected chi connectivity index (χ3v) is 5.37. The van der Waals surface area contributed by atoms with Crippen LogP contribution in [0.15, 0.2) is 30.5 Å². The van der Waals surface area contributed by atoms with E-state index in [0.717, 1.165) is 23.2 Å². The van der Waals surface area contributed by atoms with E-state index in [2.05, 4.69) is 22.5 Å². The lowest BCUT2D eigenvalue weighted by Gasteiger charge is -2.37. The number of carbonyl (C=O) groups is 1. The summed E-state index contributed by atoms with van der Waals surface area (Å²) in [5.41, 5.74) is 3.66. The number of benzene rings is 1. The van der Waals surface area contributed by atoms with Crippen LogP contribution in [0.2, 0.25) is 0 Å². The Morgan fingerprint density at radius 3 is 2.61 bits per heavy atom. The number of carbonyl (C=O) groups excluding carboxylic acids is 1. The lowest BCUT2D eigenvalue weighted by atomic mass is 9.69. The summed E-state index contributed by atoms with van der Waals surface area (Å²) in [4.78, 5) is 12.5. The Hall–Kier alpha value is -2.10. The third kappa shape index (κ3) is 2.78. The number of hydrogen-bond acceptors (Lipinski definition) is 2. The molecule has 2 aliphatic rings. The number of amides is 1. The van der Waals surface area contributed by atoms with Crippen LogP contribution < -0.4 is 5.32 Å². The van der Waals surface area contributed by atoms with E-state index in [-0.39, 0.29) is 5.91 Å². The van der Waals surface area contributed by atoms with E-state index in [1.54, 1.807) is 10.9 Å². The van der Waals surface area contributed by atoms with Crippen molar-refractivity contribution in [3.63, 3.8) is 0 Å². The zero-order valence-corrected chi connectivity index (χ0v) is 13.7. The molecule has 120 valence electrons. The predicted molar refractivity (Wildman–Crippen MR) is 90.5 cm³/mol. The number of para-hydroxylation sites is 1. The molecule has 2 aliphatic carbocycles. The van der Waals surface area contributed by atoms with Crippen molar-refractivity contribution in [3.05, 3.63) is 47.3 Å². The molecule has 4 rings (SSSR count). The van der Waals surface area contributed by atoms with Gasteiger partial charge in [0.25, 0.3) is 5.91 Å². The van der Waals surface area contributed by atoms with Gasteiger partial charge in [0.05, 0.1) is 11.3 Å². The largest absolute Gasteiger partial charge is 0.322 e. The van der Waals surface area contributed by atoms with Crippen LogP contribution >= 0.6 is 0 Å². The van der Waals surface area contributed by atoms with Crippen LogP contribution in [0.3, 0.4) is 0 Å². The molecule has 0 saturated heterocycles. The predicted octanol–water partition coefficient (Wildman–Crippen LogP) is 3.88. The van der Waals surface area contributed by atoms with Crippen molar-refractivity contribution in [1.29, 1.82) is 0 Å². The third-order valence-electron chi connectivity index (χ3n) is 5.37. The maximum absolute atomic E-state index is 12.5. The SMILES string of the molecule is Cc1nn(C)cc1C(=O)Nc1ccccc1C1CC(C2CC2)C1. The first kappa shape index (κ1) is 14.5. The molecule has 23 heavy (non-hydrogen) atoms. The van der Waals surface area contributed by atoms with Crippen molar-refractivity contribution in [3.8, 4) is 0 Å². The summed E-state index contributed by atoms with van der Waals surface area (Å²) in [5, 5.41) is 7.35. The summed E-state index contributed by atoms with van der Waals surface area (Å²) in [6.45, 7) is 1.87. The molecule has 1 aromatic carbocycles. The Morgan fingerprint density at radius 1 is 1.22 bits per heavy atom. The topological polar surface area (TPSA) is 46.9 Å². The van der Waals surface area contributed by atoms with Gasteiger partial charge in [0.1, 0.15) is 0 Å². The highest BCUT2D eigenvalue weighted by atomic mass is 16.1. The Kier molecular flexibility index (Phi) is 3.47. The monoisotopic (exact) mass is 309 g/mol. The first-order valence-electron chi connectivity index (χ1n) is 8.52. The van der Waals surface area contributed by atoms with Crippen LogP contribution in [0.5, 0.6) is 0 Å². The van der Waals surface area contributed by atoms with E-state index in [1.165, 1.54) is 31.2 Å². The zero-order chi connectivity index (χ0) is 16.0. The summed E-state index contributed by atoms with van der Waals surface area (Å²) in [6, 6.07) is 8.25. The zero-order valence-electron chi connectivity index (χ0n) is 13.7. The van der Waals surface area contributed by atoms with E-state index < -0.39 is 0 Å². The molecule has 2 fully saturated rings. The van der Waals surface area contributed by atoms with Crippen LogP contribution in [-0.2, 0) is 7.05 Å². The maximum Gasteiger partial charge on any atom is 0.259 e. The molecule has 1 heterocycles. The number of nitrogens with zero attached hydrogens (tertiary/aromatic N) is 2. The average Bonchev–Trinajstić information content (AvgIpc) is 3.23. The van der Waals surface area contributed by atoms with Gasteiger partial charge in [-0.2, -0.15) is 5.10 Å². The van der Waals surface area contributed by atoms with Gasteiger partial charge in [-0.1, -0.05) is 18.2 Å². The second-order valence-corrected chi connectivity index (χ2v) is 7.11. The fraction of sp³-hybridized carbons (Fsp3) is 0.474. The molecule has 0 radical (unpaired) electrons. The van der Waals surface area contributed by atoms with Crippen molar-refractivity contribution in [2.24, 2.45) is 18.9 Å². The Morgan fingerprint density at radius 2 is 1.96 bits per heavy atom. The molecule has 0 aliphatic heterocycles. The summed E-state index contributed by atoms with van der Waals surface area (Å²) < 4.78 is 1.68. The Labute approximate surface area is 136 Å². The average molecular weight is 309 g/mol. The molecule has 0 atom stereocenters. The first-order valence-corrected chi connectivity index (χ1v) is 8.52. The summed E-state index contributed by atoms with van der Waals surface area (Å²) in [7, 11) is 1.84. The molecule has 1 aromatic heterocycles. The number of aryl methyl sites for hydroxylation is 2. The summed E-state index contributed by atoms with van der Waals surface area (Å²) >= 11 is 0. The van der Waals surface area contributed by atoms with Gasteiger partial charge in [0.15, 0.2) is 0 Å². The first-order chi connectivity index (χ1) is 11.1. The molecule has 2 saturated carbocycles. The highest BCUT2D eigenvalue weighted by Gasteiger charge is 2.41. The highest BCUT2D eigenvalue weighted by molar-refractivity contribution is 6.05. The van der Waals surface area contributed by atoms with Crippen molar-refractivity contribution in [2.45, 2.75) is 38.5 Å². The lowest BCUT2D eigenvalue weighted by molar-refractivity contribution is 0.102. The standard InChI is InChI=1S/C19H23N3O/c1-12-17(11-22(2)21-12)19(23)20-18-6-4-3-5-16(18)15-9-14(10-15)13-7-8-13/h3-6,11,13-15H,7-10H2,1-2H3,(H,20,23). The molecule has 2 aromatic rings. The van der Waals surface area contributed by atoms with Crippen molar-refractivity contribution in [2.75, 3.05) is 5.32 Å². The molecule has 1 amide bonds. The highest BCUT2D eigenvalue weighted by Crippen LogP contribution is 2.53. The van der Waals surface area contributed by atoms with E-state index in [9.17, 15) is 4.79 Å². The molecule has 4 nitrogen and oxygen atoms in total. The fourth-order valence-corrected chi connectivity index (χ4v) is 3.85. The molecule has 0 bridgehead atoms. The van der Waals surface area contributed by atoms with Gasteiger partial charge in [-0.15, -0.1) is 0 Å². The van der Waals surface area contributed by atoms with Gasteiger partial charge in [0.2, 0.25) is 0 Å². The van der Waals surface area contributed by atoms with E-state index in [1.807, 2.05) is 26.1 Å². The van der Waals surface area contributed by atoms with Crippen molar-refractivity contribution in [1.82, 2.24) is 9.78 Å². The number of aromatic nitrogens is 2. The minimum absolute atomic E-state index is 0.0684. The van der Waals surface area contributed by atoms with Gasteiger partial charge >= 0.3 is 0 Å². The summed E-state index contributed by atoms with van der Waals surface area (Å²) in [6.07, 6.45) is 7.19. The number of rotatable bonds is 4. The molecule has 0 unspecified atom stereocenters. The van der Waals surface area contributed by atoms with E-state index in [4.69, 9.17) is 0 Å². The van der Waals surface area contributed by atoms with Crippen molar-refractivity contribution < 1.29 is 4.79 Å². The molecule has 0 spiro atoms. The lowest BCUT2D eigenvalue weighted by Crippen LogP contribution is -2.25. The molecule has 4 heteroatoms. The van der Waals surface area contributed by atoms with Gasteiger partial charge in [-0.05, 0) is 62.0 Å². The minimum Gasteiger partial charge on any atom is -0.322 e. The van der Waals surface area contributed by atoms with Crippen LogP contribution in [0.1, 0.15) is 53.2 Å². The fourth-order valence-electron chi connectivity index (χ4n) is 3.85. The molecular weight excluding hydrogens is 286 g/mol. The Bertz CT molecular complexity index is 739. The summed E-state index contributed by atoms with van der Waals surface area (Å²) in [5.74, 6) is 2.45. The van der Waals surface area contributed by atoms with E-state index >= 15 is 0 Å². The van der Waals surface area contributed by atoms with Crippen LogP contribution in [0, 0.1) is 18.8 Å². The molecule has 1 N–H and O–H groups in total. The molecular formula is C19H23N3O.